The fourth-order valence-corrected chi connectivity index (χ4v) is 3.41. The molecular formula is C16H23N5O3S. The molecule has 0 radical (unpaired) electrons. The normalized spacial score (nSPS) is 12.4. The van der Waals surface area contributed by atoms with Crippen molar-refractivity contribution in [3.8, 4) is 0 Å². The Morgan fingerprint density at radius 2 is 1.96 bits per heavy atom. The highest BCUT2D eigenvalue weighted by molar-refractivity contribution is 7.89. The smallest absolute Gasteiger partial charge is 0.242 e. The summed E-state index contributed by atoms with van der Waals surface area (Å²) >= 11 is 0. The molecule has 25 heavy (non-hydrogen) atoms. The molecule has 0 spiro atoms. The molecule has 0 amide bonds. The number of guanidine groups is 1. The van der Waals surface area contributed by atoms with Crippen molar-refractivity contribution in [2.45, 2.75) is 18.0 Å². The third kappa shape index (κ3) is 4.58. The van der Waals surface area contributed by atoms with Gasteiger partial charge in [-0.25, -0.2) is 12.7 Å². The van der Waals surface area contributed by atoms with E-state index in [1.54, 1.807) is 31.3 Å². The molecule has 0 saturated heterocycles. The lowest BCUT2D eigenvalue weighted by molar-refractivity contribution is 0.391. The van der Waals surface area contributed by atoms with Gasteiger partial charge in [-0.1, -0.05) is 23.4 Å². The van der Waals surface area contributed by atoms with Crippen LogP contribution in [0.3, 0.4) is 0 Å². The molecule has 0 fully saturated rings. The summed E-state index contributed by atoms with van der Waals surface area (Å²) in [5, 5.41) is 7.06. The molecule has 1 aromatic heterocycles. The van der Waals surface area contributed by atoms with Crippen molar-refractivity contribution in [3.05, 3.63) is 47.9 Å². The lowest BCUT2D eigenvalue weighted by Crippen LogP contribution is -2.38. The van der Waals surface area contributed by atoms with Crippen LogP contribution in [0.4, 0.5) is 0 Å². The molecule has 136 valence electrons. The van der Waals surface area contributed by atoms with E-state index in [1.165, 1.54) is 24.7 Å². The predicted molar refractivity (Wildman–Crippen MR) is 95.5 cm³/mol. The van der Waals surface area contributed by atoms with Crippen molar-refractivity contribution in [3.63, 3.8) is 0 Å². The first-order valence-electron chi connectivity index (χ1n) is 7.67. The van der Waals surface area contributed by atoms with E-state index in [4.69, 9.17) is 4.52 Å². The highest BCUT2D eigenvalue weighted by Gasteiger charge is 2.21. The zero-order valence-electron chi connectivity index (χ0n) is 14.8. The van der Waals surface area contributed by atoms with Crippen molar-refractivity contribution in [2.24, 2.45) is 4.99 Å². The van der Waals surface area contributed by atoms with E-state index < -0.39 is 10.0 Å². The lowest BCUT2D eigenvalue weighted by atomic mass is 10.2. The maximum atomic E-state index is 12.5. The molecule has 8 nitrogen and oxygen atoms in total. The number of rotatable bonds is 6. The molecule has 0 aliphatic carbocycles. The number of benzene rings is 1. The zero-order chi connectivity index (χ0) is 18.4. The highest BCUT2D eigenvalue weighted by atomic mass is 32.2. The van der Waals surface area contributed by atoms with Gasteiger partial charge in [0.1, 0.15) is 12.0 Å². The number of aliphatic imine (C=N–C) groups is 1. The van der Waals surface area contributed by atoms with Crippen LogP contribution in [0.25, 0.3) is 0 Å². The minimum absolute atomic E-state index is 0.280. The zero-order valence-corrected chi connectivity index (χ0v) is 15.6. The molecule has 9 heteroatoms. The summed E-state index contributed by atoms with van der Waals surface area (Å²) in [4.78, 5) is 6.38. The Morgan fingerprint density at radius 3 is 2.56 bits per heavy atom. The lowest BCUT2D eigenvalue weighted by Gasteiger charge is -2.22. The number of nitrogens with one attached hydrogen (secondary N) is 1. The molecule has 1 aromatic carbocycles. The second-order valence-electron chi connectivity index (χ2n) is 5.64. The Labute approximate surface area is 148 Å². The molecule has 0 unspecified atom stereocenters. The third-order valence-electron chi connectivity index (χ3n) is 3.63. The van der Waals surface area contributed by atoms with Gasteiger partial charge in [0.25, 0.3) is 0 Å². The van der Waals surface area contributed by atoms with Gasteiger partial charge >= 0.3 is 0 Å². The first-order valence-corrected chi connectivity index (χ1v) is 9.11. The van der Waals surface area contributed by atoms with Gasteiger partial charge in [0, 0.05) is 40.8 Å². The molecule has 0 saturated carbocycles. The Kier molecular flexibility index (Phi) is 6.16. The van der Waals surface area contributed by atoms with Gasteiger partial charge in [-0.15, -0.1) is 0 Å². The van der Waals surface area contributed by atoms with Gasteiger partial charge in [0.2, 0.25) is 10.0 Å². The summed E-state index contributed by atoms with van der Waals surface area (Å²) in [6.07, 6.45) is 1.52. The van der Waals surface area contributed by atoms with E-state index >= 15 is 0 Å². The molecule has 1 heterocycles. The number of nitrogens with zero attached hydrogens (tertiary/aromatic N) is 4. The van der Waals surface area contributed by atoms with Crippen molar-refractivity contribution >= 4 is 16.0 Å². The fraction of sp³-hybridized carbons (Fsp3) is 0.375. The van der Waals surface area contributed by atoms with Crippen LogP contribution < -0.4 is 5.32 Å². The minimum Gasteiger partial charge on any atom is -0.364 e. The maximum absolute atomic E-state index is 12.5. The number of hydrogen-bond acceptors (Lipinski definition) is 5. The van der Waals surface area contributed by atoms with Gasteiger partial charge in [0.05, 0.1) is 11.4 Å². The summed E-state index contributed by atoms with van der Waals surface area (Å²) in [5.41, 5.74) is 1.45. The topological polar surface area (TPSA) is 91.0 Å². The third-order valence-corrected chi connectivity index (χ3v) is 5.55. The Morgan fingerprint density at radius 1 is 1.24 bits per heavy atom. The molecule has 2 aromatic rings. The largest absolute Gasteiger partial charge is 0.364 e. The summed E-state index contributed by atoms with van der Waals surface area (Å²) < 4.78 is 30.9. The second kappa shape index (κ2) is 8.13. The first kappa shape index (κ1) is 18.9. The number of hydrogen-bond donors (Lipinski definition) is 1. The summed E-state index contributed by atoms with van der Waals surface area (Å²) in [7, 11) is 3.07. The Balaban J connectivity index is 2.12. The van der Waals surface area contributed by atoms with Crippen LogP contribution in [-0.2, 0) is 23.1 Å². The van der Waals surface area contributed by atoms with Crippen molar-refractivity contribution in [1.82, 2.24) is 19.7 Å². The van der Waals surface area contributed by atoms with E-state index in [2.05, 4.69) is 15.5 Å². The average Bonchev–Trinajstić information content (AvgIpc) is 3.08. The SMILES string of the molecule is CN=C(NCc1ccccc1S(=O)(=O)N(C)C)N(C)Cc1ccon1. The van der Waals surface area contributed by atoms with E-state index in [1.807, 2.05) is 18.0 Å². The number of aromatic nitrogens is 1. The molecule has 0 aliphatic heterocycles. The Hall–Kier alpha value is -2.39. The van der Waals surface area contributed by atoms with E-state index in [9.17, 15) is 8.42 Å². The van der Waals surface area contributed by atoms with Gasteiger partial charge in [-0.3, -0.25) is 4.99 Å². The minimum atomic E-state index is -3.51. The number of sulfonamides is 1. The average molecular weight is 365 g/mol. The summed E-state index contributed by atoms with van der Waals surface area (Å²) in [6.45, 7) is 0.854. The van der Waals surface area contributed by atoms with Crippen LogP contribution in [-0.4, -0.2) is 56.9 Å². The fourth-order valence-electron chi connectivity index (χ4n) is 2.29. The standard InChI is InChI=1S/C16H23N5O3S/c1-17-16(21(4)12-14-9-10-24-19-14)18-11-13-7-5-6-8-15(13)25(22,23)20(2)3/h5-10H,11-12H2,1-4H3,(H,17,18). The van der Waals surface area contributed by atoms with Gasteiger partial charge < -0.3 is 14.7 Å². The van der Waals surface area contributed by atoms with Gasteiger partial charge in [0.15, 0.2) is 5.96 Å². The van der Waals surface area contributed by atoms with Crippen LogP contribution in [0, 0.1) is 0 Å². The van der Waals surface area contributed by atoms with Crippen LogP contribution >= 0.6 is 0 Å². The van der Waals surface area contributed by atoms with E-state index in [0.29, 0.717) is 24.6 Å². The molecule has 2 rings (SSSR count). The first-order chi connectivity index (χ1) is 11.9. The molecule has 0 aliphatic rings. The highest BCUT2D eigenvalue weighted by Crippen LogP contribution is 2.18. The monoisotopic (exact) mass is 365 g/mol. The van der Waals surface area contributed by atoms with E-state index in [-0.39, 0.29) is 4.90 Å². The van der Waals surface area contributed by atoms with Crippen LogP contribution in [0.5, 0.6) is 0 Å². The van der Waals surface area contributed by atoms with Crippen LogP contribution in [0.15, 0.2) is 51.0 Å². The second-order valence-corrected chi connectivity index (χ2v) is 7.76. The van der Waals surface area contributed by atoms with Crippen molar-refractivity contribution in [2.75, 3.05) is 28.2 Å². The van der Waals surface area contributed by atoms with Gasteiger partial charge in [-0.2, -0.15) is 0 Å². The van der Waals surface area contributed by atoms with Crippen molar-refractivity contribution < 1.29 is 12.9 Å². The molecule has 0 atom stereocenters. The Bertz CT molecular complexity index is 816. The quantitative estimate of drug-likeness (QED) is 0.610. The van der Waals surface area contributed by atoms with Gasteiger partial charge in [-0.05, 0) is 11.6 Å². The summed E-state index contributed by atoms with van der Waals surface area (Å²) in [6, 6.07) is 8.70. The van der Waals surface area contributed by atoms with Crippen molar-refractivity contribution in [1.29, 1.82) is 0 Å². The molecular weight excluding hydrogens is 342 g/mol. The van der Waals surface area contributed by atoms with E-state index in [0.717, 1.165) is 5.69 Å². The van der Waals surface area contributed by atoms with Crippen LogP contribution in [0.1, 0.15) is 11.3 Å². The maximum Gasteiger partial charge on any atom is 0.242 e. The molecule has 1 N–H and O–H groups in total. The molecule has 0 bridgehead atoms. The summed E-state index contributed by atoms with van der Waals surface area (Å²) in [5.74, 6) is 0.625. The van der Waals surface area contributed by atoms with Crippen LogP contribution in [0.2, 0.25) is 0 Å². The predicted octanol–water partition coefficient (Wildman–Crippen LogP) is 1.13.